The number of carbonyl (C=O) groups is 3. The SMILES string of the molecule is CCCCn1c(C)c(C2(c3c(C)n(CCCC)c4ccccc34)OC(=O)c3ccccc32)c2ccccc21.CCN(CC)c1ccc2c(c1)Oc1ccc(Nc3ccccc3)cc1C21OC(=O)c2ccccc21.O=C1OC2(c3ccc(Cc4ccccc4)cc3Oc3cc(Cc4ccccc4)ccc32)c2ccccc21. The Morgan fingerprint density at radius 3 is 1.23 bits per heavy atom. The van der Waals surface area contributed by atoms with Gasteiger partial charge in [-0.15, -0.1) is 0 Å². The van der Waals surface area contributed by atoms with Crippen LogP contribution < -0.4 is 19.7 Å². The fourth-order valence-electron chi connectivity index (χ4n) is 17.5. The highest BCUT2D eigenvalue weighted by atomic mass is 16.6. The van der Waals surface area contributed by atoms with E-state index >= 15 is 0 Å². The van der Waals surface area contributed by atoms with Crippen molar-refractivity contribution in [2.45, 2.75) is 110 Å². The number of cyclic esters (lactones) is 1. The summed E-state index contributed by atoms with van der Waals surface area (Å²) in [7, 11) is 0. The second kappa shape index (κ2) is 29.1. The molecule has 12 aromatic carbocycles. The topological polar surface area (TPSA) is 122 Å². The summed E-state index contributed by atoms with van der Waals surface area (Å²) in [6.07, 6.45) is 6.02. The monoisotopic (exact) mass is 1450 g/mol. The highest BCUT2D eigenvalue weighted by molar-refractivity contribution is 6.02. The number of benzene rings is 12. The van der Waals surface area contributed by atoms with E-state index in [1.807, 2.05) is 133 Å². The number of hydrogen-bond acceptors (Lipinski definition) is 10. The molecule has 546 valence electrons. The van der Waals surface area contributed by atoms with E-state index in [1.165, 1.54) is 22.2 Å². The van der Waals surface area contributed by atoms with Gasteiger partial charge in [-0.25, -0.2) is 14.4 Å². The number of aryl methyl sites for hydroxylation is 2. The minimum Gasteiger partial charge on any atom is -0.456 e. The van der Waals surface area contributed by atoms with Crippen LogP contribution in [0.25, 0.3) is 21.8 Å². The Morgan fingerprint density at radius 1 is 0.345 bits per heavy atom. The van der Waals surface area contributed by atoms with Crippen molar-refractivity contribution in [3.63, 3.8) is 0 Å². The van der Waals surface area contributed by atoms with Crippen molar-refractivity contribution < 1.29 is 38.1 Å². The van der Waals surface area contributed by atoms with Gasteiger partial charge in [-0.05, 0) is 161 Å². The van der Waals surface area contributed by atoms with Gasteiger partial charge in [-0.2, -0.15) is 0 Å². The van der Waals surface area contributed by atoms with Crippen LogP contribution in [0.3, 0.4) is 0 Å². The highest BCUT2D eigenvalue weighted by Gasteiger charge is 2.57. The molecule has 2 spiro atoms. The van der Waals surface area contributed by atoms with Crippen molar-refractivity contribution >= 4 is 56.8 Å². The molecule has 12 nitrogen and oxygen atoms in total. The average molecular weight is 1450 g/mol. The normalized spacial score (nSPS) is 15.2. The van der Waals surface area contributed by atoms with Crippen molar-refractivity contribution in [3.8, 4) is 23.0 Å². The zero-order valence-corrected chi connectivity index (χ0v) is 62.8. The fraction of sp³-hybridized carbons (Fsp3) is 0.194. The highest BCUT2D eigenvalue weighted by Crippen LogP contribution is 2.60. The molecular weight excluding hydrogens is 1360 g/mol. The Hall–Kier alpha value is -12.7. The quantitative estimate of drug-likeness (QED) is 0.0696. The summed E-state index contributed by atoms with van der Waals surface area (Å²) in [5, 5.41) is 5.75. The van der Waals surface area contributed by atoms with Crippen LogP contribution in [0.4, 0.5) is 17.1 Å². The molecule has 0 amide bonds. The molecule has 0 bridgehead atoms. The lowest BCUT2D eigenvalue weighted by Crippen LogP contribution is -2.33. The lowest BCUT2D eigenvalue weighted by molar-refractivity contribution is 0.0214. The zero-order chi connectivity index (χ0) is 75.3. The molecule has 1 atom stereocenters. The van der Waals surface area contributed by atoms with Gasteiger partial charge in [0.1, 0.15) is 23.0 Å². The molecule has 12 heteroatoms. The first-order valence-corrected chi connectivity index (χ1v) is 38.6. The summed E-state index contributed by atoms with van der Waals surface area (Å²) in [6.45, 7) is 16.8. The van der Waals surface area contributed by atoms with E-state index in [0.717, 1.165) is 177 Å². The summed E-state index contributed by atoms with van der Waals surface area (Å²) in [5.74, 6) is 1.94. The molecule has 0 aliphatic carbocycles. The molecule has 19 rings (SSSR count). The number of para-hydroxylation sites is 3. The fourth-order valence-corrected chi connectivity index (χ4v) is 17.5. The van der Waals surface area contributed by atoms with E-state index in [-0.39, 0.29) is 17.9 Å². The van der Waals surface area contributed by atoms with Gasteiger partial charge >= 0.3 is 17.9 Å². The number of nitrogens with one attached hydrogen (secondary N) is 1. The van der Waals surface area contributed by atoms with E-state index in [1.54, 1.807) is 0 Å². The summed E-state index contributed by atoms with van der Waals surface area (Å²) in [6, 6.07) is 95.9. The Morgan fingerprint density at radius 2 is 0.745 bits per heavy atom. The number of aromatic nitrogens is 2. The molecule has 0 saturated carbocycles. The van der Waals surface area contributed by atoms with Crippen LogP contribution >= 0.6 is 0 Å². The number of ether oxygens (including phenoxy) is 5. The first kappa shape index (κ1) is 70.3. The maximum atomic E-state index is 13.6. The Bertz CT molecular complexity index is 5690. The largest absolute Gasteiger partial charge is 0.456 e. The first-order chi connectivity index (χ1) is 53.9. The van der Waals surface area contributed by atoms with Crippen LogP contribution in [-0.2, 0) is 56.9 Å². The molecule has 0 fully saturated rings. The Labute approximate surface area is 642 Å². The van der Waals surface area contributed by atoms with Gasteiger partial charge in [0.25, 0.3) is 0 Å². The van der Waals surface area contributed by atoms with E-state index in [4.69, 9.17) is 23.7 Å². The van der Waals surface area contributed by atoms with Gasteiger partial charge in [0.2, 0.25) is 0 Å². The lowest BCUT2D eigenvalue weighted by Gasteiger charge is -2.37. The van der Waals surface area contributed by atoms with Gasteiger partial charge in [0.05, 0.1) is 16.7 Å². The van der Waals surface area contributed by atoms with E-state index < -0.39 is 16.8 Å². The summed E-state index contributed by atoms with van der Waals surface area (Å²) in [5.41, 5.74) is 19.2. The number of anilines is 3. The molecular formula is C98H86N4O8. The second-order valence-corrected chi connectivity index (χ2v) is 29.1. The number of esters is 3. The summed E-state index contributed by atoms with van der Waals surface area (Å²) >= 11 is 0. The second-order valence-electron chi connectivity index (χ2n) is 29.1. The predicted octanol–water partition coefficient (Wildman–Crippen LogP) is 22.6. The van der Waals surface area contributed by atoms with E-state index in [0.29, 0.717) is 28.2 Å². The number of hydrogen-bond donors (Lipinski definition) is 1. The maximum absolute atomic E-state index is 13.6. The Kier molecular flexibility index (Phi) is 18.6. The number of carbonyl (C=O) groups excluding carboxylic acids is 3. The number of unbranched alkanes of at least 4 members (excludes halogenated alkanes) is 2. The average Bonchev–Trinajstić information content (AvgIpc) is 1.51. The van der Waals surface area contributed by atoms with Crippen LogP contribution in [-0.4, -0.2) is 40.1 Å². The minimum absolute atomic E-state index is 0.254. The van der Waals surface area contributed by atoms with Crippen LogP contribution in [0.2, 0.25) is 0 Å². The van der Waals surface area contributed by atoms with Gasteiger partial charge in [-0.1, -0.05) is 221 Å². The van der Waals surface area contributed by atoms with Crippen molar-refractivity contribution in [1.29, 1.82) is 0 Å². The molecule has 5 aliphatic rings. The molecule has 7 heterocycles. The minimum atomic E-state index is -1.08. The first-order valence-electron chi connectivity index (χ1n) is 38.6. The Balaban J connectivity index is 0.000000120. The van der Waals surface area contributed by atoms with Crippen molar-refractivity contribution in [3.05, 3.63) is 386 Å². The van der Waals surface area contributed by atoms with Gasteiger partial charge in [-0.3, -0.25) is 0 Å². The lowest BCUT2D eigenvalue weighted by atomic mass is 9.77. The van der Waals surface area contributed by atoms with Crippen LogP contribution in [0.1, 0.15) is 168 Å². The van der Waals surface area contributed by atoms with Gasteiger partial charge in [0.15, 0.2) is 16.8 Å². The third-order valence-electron chi connectivity index (χ3n) is 22.6. The molecule has 1 N–H and O–H groups in total. The summed E-state index contributed by atoms with van der Waals surface area (Å²) < 4.78 is 37.2. The van der Waals surface area contributed by atoms with Crippen LogP contribution in [0.15, 0.2) is 285 Å². The molecule has 0 saturated heterocycles. The maximum Gasteiger partial charge on any atom is 0.340 e. The van der Waals surface area contributed by atoms with Crippen molar-refractivity contribution in [2.75, 3.05) is 23.3 Å². The van der Waals surface area contributed by atoms with E-state index in [9.17, 15) is 14.4 Å². The van der Waals surface area contributed by atoms with Gasteiger partial charge < -0.3 is 43.0 Å². The van der Waals surface area contributed by atoms with Crippen LogP contribution in [0.5, 0.6) is 23.0 Å². The molecule has 110 heavy (non-hydrogen) atoms. The third-order valence-corrected chi connectivity index (χ3v) is 22.6. The third kappa shape index (κ3) is 11.9. The summed E-state index contributed by atoms with van der Waals surface area (Å²) in [4.78, 5) is 42.1. The van der Waals surface area contributed by atoms with Gasteiger partial charge in [0, 0.05) is 133 Å². The number of nitrogens with zero attached hydrogens (tertiary/aromatic N) is 3. The van der Waals surface area contributed by atoms with Crippen molar-refractivity contribution in [2.24, 2.45) is 0 Å². The van der Waals surface area contributed by atoms with Crippen LogP contribution in [0, 0.1) is 13.8 Å². The molecule has 0 radical (unpaired) electrons. The van der Waals surface area contributed by atoms with Crippen molar-refractivity contribution in [1.82, 2.24) is 9.13 Å². The standard InChI is InChI=1S/C34H36N2O2.C34H24O3.C30H26N2O3/c1-5-7-21-35-23(3)31(26-16-10-13-19-29(26)35)34(28-18-12-9-15-25(28)33(37)38-34)32-24(4)36(22-8-6-2)30-20-14-11-17-27(30)32;35-33-27-13-7-8-14-28(27)34(37-33)29-17-15-25(19-23-9-3-1-4-10-23)21-31(29)36-32-22-26(16-18-30(32)34)20-24-11-5-2-6-12-24;1-3-32(4-2)22-15-16-25-28(19-22)34-27-17-14-21(31-20-10-6-5-7-11-20)18-26(27)30(25)24-13-9-8-12-23(24)29(33)35-30/h9-20H,5-8,21-22H2,1-4H3;1-18,21-22H,19-20H2;5-19,31H,3-4H2,1-2H3. The molecule has 14 aromatic rings. The smallest absolute Gasteiger partial charge is 0.340 e. The molecule has 1 unspecified atom stereocenters. The predicted molar refractivity (Wildman–Crippen MR) is 436 cm³/mol. The number of fused-ring (bicyclic) bond motifs is 15. The zero-order valence-electron chi connectivity index (χ0n) is 62.8. The number of rotatable bonds is 17. The molecule has 5 aliphatic heterocycles. The molecule has 2 aromatic heterocycles. The van der Waals surface area contributed by atoms with E-state index in [2.05, 4.69) is 213 Å².